The number of hydrogen-bond acceptors (Lipinski definition) is 5. The van der Waals surface area contributed by atoms with Crippen LogP contribution in [-0.4, -0.2) is 59.9 Å². The highest BCUT2D eigenvalue weighted by Crippen LogP contribution is 2.16. The maximum atomic E-state index is 12.4. The minimum Gasteiger partial charge on any atom is -0.367 e. The number of nitrogens with zero attached hydrogens (tertiary/aromatic N) is 4. The van der Waals surface area contributed by atoms with Crippen LogP contribution in [0.3, 0.4) is 0 Å². The maximum Gasteiger partial charge on any atom is 0.411 e. The van der Waals surface area contributed by atoms with Crippen molar-refractivity contribution in [3.05, 3.63) is 54.0 Å². The Morgan fingerprint density at radius 3 is 2.38 bits per heavy atom. The van der Waals surface area contributed by atoms with Crippen LogP contribution in [-0.2, 0) is 17.9 Å². The number of carbonyl (C=O) groups excluding carboxylic acids is 1. The number of halogens is 3. The van der Waals surface area contributed by atoms with E-state index in [1.54, 1.807) is 47.8 Å². The average molecular weight is 409 g/mol. The van der Waals surface area contributed by atoms with Gasteiger partial charge in [-0.1, -0.05) is 24.3 Å². The van der Waals surface area contributed by atoms with Gasteiger partial charge in [-0.05, 0) is 11.1 Å². The molecule has 1 aliphatic heterocycles. The summed E-state index contributed by atoms with van der Waals surface area (Å²) in [5.41, 5.74) is 1.50. The smallest absolute Gasteiger partial charge is 0.367 e. The van der Waals surface area contributed by atoms with E-state index in [0.717, 1.165) is 11.4 Å². The number of piperazine rings is 1. The number of ether oxygens (including phenoxy) is 1. The largest absolute Gasteiger partial charge is 0.411 e. The van der Waals surface area contributed by atoms with Gasteiger partial charge >= 0.3 is 12.2 Å². The summed E-state index contributed by atoms with van der Waals surface area (Å²) >= 11 is 0. The number of carbonyl (C=O) groups is 1. The Morgan fingerprint density at radius 2 is 1.76 bits per heavy atom. The quantitative estimate of drug-likeness (QED) is 0.794. The first-order chi connectivity index (χ1) is 13.9. The molecule has 0 saturated carbocycles. The number of anilines is 1. The van der Waals surface area contributed by atoms with Crippen LogP contribution in [0.4, 0.5) is 23.8 Å². The first-order valence-corrected chi connectivity index (χ1v) is 9.17. The van der Waals surface area contributed by atoms with Crippen LogP contribution in [0.5, 0.6) is 0 Å². The molecule has 29 heavy (non-hydrogen) atoms. The number of nitrogens with one attached hydrogen (secondary N) is 1. The molecule has 0 spiro atoms. The highest BCUT2D eigenvalue weighted by atomic mass is 19.4. The Hall–Kier alpha value is -2.88. The van der Waals surface area contributed by atoms with Gasteiger partial charge in [0.05, 0.1) is 12.8 Å². The van der Waals surface area contributed by atoms with Crippen molar-refractivity contribution >= 4 is 11.8 Å². The van der Waals surface area contributed by atoms with Crippen LogP contribution in [0, 0.1) is 0 Å². The third-order valence-corrected chi connectivity index (χ3v) is 4.44. The van der Waals surface area contributed by atoms with Crippen molar-refractivity contribution in [2.24, 2.45) is 0 Å². The van der Waals surface area contributed by atoms with Gasteiger partial charge in [0.2, 0.25) is 0 Å². The molecule has 10 heteroatoms. The molecule has 1 N–H and O–H groups in total. The number of benzene rings is 1. The van der Waals surface area contributed by atoms with Crippen molar-refractivity contribution in [2.75, 3.05) is 37.7 Å². The highest BCUT2D eigenvalue weighted by Gasteiger charge is 2.27. The van der Waals surface area contributed by atoms with E-state index in [-0.39, 0.29) is 12.6 Å². The van der Waals surface area contributed by atoms with Crippen LogP contribution >= 0.6 is 0 Å². The normalized spacial score (nSPS) is 14.7. The summed E-state index contributed by atoms with van der Waals surface area (Å²) < 4.78 is 40.9. The molecule has 7 nitrogen and oxygen atoms in total. The molecule has 156 valence electrons. The summed E-state index contributed by atoms with van der Waals surface area (Å²) in [6.07, 6.45) is 0.634. The number of hydrogen-bond donors (Lipinski definition) is 1. The molecule has 0 aliphatic carbocycles. The molecule has 0 atom stereocenters. The summed E-state index contributed by atoms with van der Waals surface area (Å²) in [5.74, 6) is 0.798. The van der Waals surface area contributed by atoms with Gasteiger partial charge in [-0.15, -0.1) is 0 Å². The van der Waals surface area contributed by atoms with Gasteiger partial charge in [0.15, 0.2) is 0 Å². The number of alkyl halides is 3. The van der Waals surface area contributed by atoms with Crippen molar-refractivity contribution in [2.45, 2.75) is 19.3 Å². The molecule has 2 aromatic rings. The fourth-order valence-corrected chi connectivity index (χ4v) is 2.92. The van der Waals surface area contributed by atoms with Gasteiger partial charge in [-0.25, -0.2) is 9.78 Å². The molecule has 0 unspecified atom stereocenters. The SMILES string of the molecule is O=C(NCc1ccc(COCC(F)(F)F)cc1)N1CCN(c2cnccn2)CC1. The standard InChI is InChI=1S/C19H22F3N5O2/c20-19(21,22)14-29-13-16-3-1-15(2-4-16)11-25-18(28)27-9-7-26(8-10-27)17-12-23-5-6-24-17/h1-6,12H,7-11,13-14H2,(H,25,28). The lowest BCUT2D eigenvalue weighted by Gasteiger charge is -2.35. The fourth-order valence-electron chi connectivity index (χ4n) is 2.92. The Bertz CT molecular complexity index is 779. The topological polar surface area (TPSA) is 70.6 Å². The van der Waals surface area contributed by atoms with E-state index in [9.17, 15) is 18.0 Å². The summed E-state index contributed by atoms with van der Waals surface area (Å²) in [4.78, 5) is 24.5. The molecule has 2 amide bonds. The molecule has 1 fully saturated rings. The lowest BCUT2D eigenvalue weighted by Crippen LogP contribution is -2.51. The molecule has 1 aromatic carbocycles. The lowest BCUT2D eigenvalue weighted by molar-refractivity contribution is -0.176. The maximum absolute atomic E-state index is 12.4. The molecule has 1 saturated heterocycles. The average Bonchev–Trinajstić information content (AvgIpc) is 2.73. The Morgan fingerprint density at radius 1 is 1.07 bits per heavy atom. The van der Waals surface area contributed by atoms with E-state index in [0.29, 0.717) is 38.3 Å². The Balaban J connectivity index is 1.39. The second kappa shape index (κ2) is 9.55. The minimum atomic E-state index is -4.33. The molecule has 1 aromatic heterocycles. The van der Waals surface area contributed by atoms with Crippen LogP contribution in [0.2, 0.25) is 0 Å². The predicted molar refractivity (Wildman–Crippen MR) is 100 cm³/mol. The summed E-state index contributed by atoms with van der Waals surface area (Å²) in [6, 6.07) is 6.76. The van der Waals surface area contributed by atoms with Gasteiger partial charge in [-0.3, -0.25) is 4.98 Å². The summed E-state index contributed by atoms with van der Waals surface area (Å²) in [6.45, 7) is 1.48. The zero-order valence-corrected chi connectivity index (χ0v) is 15.7. The van der Waals surface area contributed by atoms with Crippen molar-refractivity contribution in [1.82, 2.24) is 20.2 Å². The van der Waals surface area contributed by atoms with E-state index < -0.39 is 12.8 Å². The number of rotatable bonds is 6. The van der Waals surface area contributed by atoms with Gasteiger partial charge < -0.3 is 19.9 Å². The molecule has 2 heterocycles. The van der Waals surface area contributed by atoms with Gasteiger partial charge in [0.25, 0.3) is 0 Å². The van der Waals surface area contributed by atoms with Gasteiger partial charge in [-0.2, -0.15) is 13.2 Å². The van der Waals surface area contributed by atoms with Crippen LogP contribution in [0.25, 0.3) is 0 Å². The van der Waals surface area contributed by atoms with E-state index in [4.69, 9.17) is 0 Å². The van der Waals surface area contributed by atoms with E-state index in [2.05, 4.69) is 24.9 Å². The predicted octanol–water partition coefficient (Wildman–Crippen LogP) is 2.59. The number of aromatic nitrogens is 2. The molecular weight excluding hydrogens is 387 g/mol. The van der Waals surface area contributed by atoms with Crippen LogP contribution in [0.15, 0.2) is 42.9 Å². The molecule has 3 rings (SSSR count). The Kier molecular flexibility index (Phi) is 6.86. The third-order valence-electron chi connectivity index (χ3n) is 4.44. The van der Waals surface area contributed by atoms with E-state index >= 15 is 0 Å². The van der Waals surface area contributed by atoms with Crippen molar-refractivity contribution in [3.63, 3.8) is 0 Å². The van der Waals surface area contributed by atoms with Crippen molar-refractivity contribution < 1.29 is 22.7 Å². The minimum absolute atomic E-state index is 0.109. The summed E-state index contributed by atoms with van der Waals surface area (Å²) in [5, 5.41) is 2.87. The van der Waals surface area contributed by atoms with Crippen LogP contribution in [0.1, 0.15) is 11.1 Å². The molecule has 0 radical (unpaired) electrons. The second-order valence-electron chi connectivity index (χ2n) is 6.62. The van der Waals surface area contributed by atoms with Crippen LogP contribution < -0.4 is 10.2 Å². The van der Waals surface area contributed by atoms with Crippen molar-refractivity contribution in [1.29, 1.82) is 0 Å². The highest BCUT2D eigenvalue weighted by molar-refractivity contribution is 5.74. The Labute approximate surface area is 166 Å². The van der Waals surface area contributed by atoms with Gasteiger partial charge in [0.1, 0.15) is 12.4 Å². The number of amides is 2. The first-order valence-electron chi connectivity index (χ1n) is 9.17. The zero-order valence-electron chi connectivity index (χ0n) is 15.7. The molecular formula is C19H22F3N5O2. The third kappa shape index (κ3) is 6.60. The van der Waals surface area contributed by atoms with Gasteiger partial charge in [0, 0.05) is 45.1 Å². The second-order valence-corrected chi connectivity index (χ2v) is 6.62. The lowest BCUT2D eigenvalue weighted by atomic mass is 10.1. The molecule has 0 bridgehead atoms. The van der Waals surface area contributed by atoms with E-state index in [1.807, 2.05) is 0 Å². The van der Waals surface area contributed by atoms with E-state index in [1.165, 1.54) is 0 Å². The number of urea groups is 1. The first kappa shape index (κ1) is 20.8. The fraction of sp³-hybridized carbons (Fsp3) is 0.421. The monoisotopic (exact) mass is 409 g/mol. The zero-order chi connectivity index (χ0) is 20.7. The summed E-state index contributed by atoms with van der Waals surface area (Å²) in [7, 11) is 0. The molecule has 1 aliphatic rings. The van der Waals surface area contributed by atoms with Crippen molar-refractivity contribution in [3.8, 4) is 0 Å².